The Morgan fingerprint density at radius 2 is 1.37 bits per heavy atom. The highest BCUT2D eigenvalue weighted by atomic mass is 32.2. The van der Waals surface area contributed by atoms with Crippen molar-refractivity contribution in [3.8, 4) is 0 Å². The summed E-state index contributed by atoms with van der Waals surface area (Å²) in [5, 5.41) is 89.9. The first kappa shape index (κ1) is 54.4. The molecule has 0 radical (unpaired) electrons. The molecule has 11 unspecified atom stereocenters. The van der Waals surface area contributed by atoms with Gasteiger partial charge >= 0.3 is 12.0 Å². The summed E-state index contributed by atoms with van der Waals surface area (Å²) in [6.45, 7) is 18.9. The Morgan fingerprint density at radius 1 is 0.761 bits per heavy atom. The van der Waals surface area contributed by atoms with Crippen LogP contribution < -0.4 is 16.0 Å². The summed E-state index contributed by atoms with van der Waals surface area (Å²) in [7, 11) is 0. The average Bonchev–Trinajstić information content (AvgIpc) is 3.77. The monoisotopic (exact) mass is 978 g/mol. The number of hydrogen-bond donors (Lipinski definition) is 10. The van der Waals surface area contributed by atoms with Gasteiger partial charge in [0.05, 0.1) is 67.8 Å². The number of amides is 3. The second kappa shape index (κ2) is 17.1. The van der Waals surface area contributed by atoms with E-state index in [-0.39, 0.29) is 56.2 Å². The van der Waals surface area contributed by atoms with Gasteiger partial charge in [-0.3, -0.25) is 9.59 Å². The molecule has 67 heavy (non-hydrogen) atoms. The van der Waals surface area contributed by atoms with Crippen molar-refractivity contribution >= 4 is 29.7 Å². The van der Waals surface area contributed by atoms with Crippen molar-refractivity contribution in [3.05, 3.63) is 0 Å². The molecule has 0 spiro atoms. The number of urea groups is 1. The van der Waals surface area contributed by atoms with E-state index in [0.29, 0.717) is 12.8 Å². The number of aliphatic hydroxyl groups is 7. The molecule has 10 N–H and O–H groups in total. The van der Waals surface area contributed by atoms with Crippen molar-refractivity contribution < 1.29 is 83.3 Å². The van der Waals surface area contributed by atoms with Crippen LogP contribution >= 0.6 is 11.8 Å². The number of fused-ring (bicyclic) bond motifs is 3. The lowest BCUT2D eigenvalue weighted by Gasteiger charge is -2.76. The van der Waals surface area contributed by atoms with Crippen molar-refractivity contribution in [3.63, 3.8) is 0 Å². The molecule has 0 aliphatic carbocycles. The van der Waals surface area contributed by atoms with E-state index >= 15 is 0 Å². The maximum absolute atomic E-state index is 13.3. The lowest BCUT2D eigenvalue weighted by molar-refractivity contribution is -0.579. The van der Waals surface area contributed by atoms with Gasteiger partial charge < -0.3 is 84.9 Å². The van der Waals surface area contributed by atoms with Gasteiger partial charge in [-0.25, -0.2) is 4.79 Å². The summed E-state index contributed by atoms with van der Waals surface area (Å²) in [5.74, 6) is -4.11. The molecule has 0 saturated carbocycles. The SMILES string of the molecule is CC(=O)NC1(C)C(C)(COC[C@]2(C)C(C)(C)OC(C)(OC(=O)CCCCC3SC[C@@H]4NC(=O)N[C@H]34)C(O)C2(C)O)OC(C)(CO)[C@@H](O)C1(C)COC[C@]1(C)OC2(CO)OC(C)(C1(C)O)[C@@]2(C)O. The molecular weight excluding hydrogens is 899 g/mol. The van der Waals surface area contributed by atoms with E-state index in [1.54, 1.807) is 60.2 Å². The number of carbonyl (C=O) groups is 3. The molecule has 17 atom stereocenters. The average molecular weight is 978 g/mol. The zero-order chi connectivity index (χ0) is 50.7. The van der Waals surface area contributed by atoms with Gasteiger partial charge in [-0.2, -0.15) is 11.8 Å². The Bertz CT molecular complexity index is 1930. The maximum Gasteiger partial charge on any atom is 0.315 e. The van der Waals surface area contributed by atoms with E-state index in [4.69, 9.17) is 33.2 Å². The van der Waals surface area contributed by atoms with Crippen LogP contribution in [0.1, 0.15) is 123 Å². The zero-order valence-corrected chi connectivity index (χ0v) is 42.6. The predicted molar refractivity (Wildman–Crippen MR) is 241 cm³/mol. The molecule has 0 aromatic carbocycles. The minimum Gasteiger partial charge on any atom is -0.430 e. The second-order valence-electron chi connectivity index (χ2n) is 22.8. The molecule has 7 fully saturated rings. The van der Waals surface area contributed by atoms with Gasteiger partial charge in [-0.05, 0) is 82.1 Å². The molecular formula is C46H79N3O17S. The van der Waals surface area contributed by atoms with E-state index in [9.17, 15) is 50.1 Å². The third-order valence-corrected chi connectivity index (χ3v) is 19.5. The van der Waals surface area contributed by atoms with E-state index in [1.165, 1.54) is 48.5 Å². The maximum atomic E-state index is 13.3. The highest BCUT2D eigenvalue weighted by Gasteiger charge is 2.86. The molecule has 21 heteroatoms. The van der Waals surface area contributed by atoms with E-state index in [0.717, 1.165) is 12.2 Å². The number of unbranched alkanes of at least 4 members (excludes halogenated alkanes) is 1. The number of rotatable bonds is 17. The Labute approximate surface area is 398 Å². The summed E-state index contributed by atoms with van der Waals surface area (Å²) in [6.07, 6.45) is -1.22. The van der Waals surface area contributed by atoms with Crippen LogP contribution in [0.3, 0.4) is 0 Å². The third-order valence-electron chi connectivity index (χ3n) is 18.0. The largest absolute Gasteiger partial charge is 0.430 e. The number of hydrogen-bond acceptors (Lipinski definition) is 18. The first-order chi connectivity index (χ1) is 30.4. The third kappa shape index (κ3) is 7.78. The molecule has 0 aromatic rings. The van der Waals surface area contributed by atoms with Gasteiger partial charge in [0, 0.05) is 36.7 Å². The standard InChI is InChI=1S/C46H79N3O17S/c1-26(52)49-42(11)35(4,22-60-25-39(8)43(12,58)45(14)44(13,59)46(21-51,65-39)66-45)31(54)36(5,20-50)64-38(42,7)24-61-23-37(6)34(2,3)63-41(10,32(55)40(37,9)57)62-29(53)18-16-15-17-28-30-27(19-67-28)47-33(56)48-30/h27-28,30-32,50-51,54-55,57-59H,15-25H2,1-14H3,(H,49,52)(H2,47,48,56)/t27-,28?,30-,31-,32?,35?,36?,37+,38?,39-,40?,41?,42?,43?,44+,45?,46?/m0/s1. The topological polar surface area (TPSA) is 294 Å². The van der Waals surface area contributed by atoms with E-state index < -0.39 is 110 Å². The number of ether oxygens (including phenoxy) is 7. The molecule has 7 aliphatic heterocycles. The Kier molecular flexibility index (Phi) is 13.9. The summed E-state index contributed by atoms with van der Waals surface area (Å²) >= 11 is 1.79. The van der Waals surface area contributed by atoms with Crippen molar-refractivity contribution in [2.45, 2.75) is 214 Å². The van der Waals surface area contributed by atoms with Crippen molar-refractivity contribution in [2.75, 3.05) is 45.4 Å². The van der Waals surface area contributed by atoms with E-state index in [1.807, 2.05) is 0 Å². The Balaban J connectivity index is 1.17. The van der Waals surface area contributed by atoms with E-state index in [2.05, 4.69) is 16.0 Å². The number of esters is 1. The molecule has 7 aliphatic rings. The lowest BCUT2D eigenvalue weighted by Crippen LogP contribution is -2.96. The fraction of sp³-hybridized carbons (Fsp3) is 0.935. The number of aliphatic hydroxyl groups excluding tert-OH is 4. The number of carbonyl (C=O) groups excluding carboxylic acids is 3. The second-order valence-corrected chi connectivity index (χ2v) is 24.1. The van der Waals surface area contributed by atoms with Gasteiger partial charge in [-0.1, -0.05) is 20.3 Å². The van der Waals surface area contributed by atoms with Crippen LogP contribution in [0.4, 0.5) is 4.79 Å². The lowest BCUT2D eigenvalue weighted by atomic mass is 9.55. The van der Waals surface area contributed by atoms with Crippen LogP contribution in [0.5, 0.6) is 0 Å². The fourth-order valence-corrected chi connectivity index (χ4v) is 13.7. The highest BCUT2D eigenvalue weighted by Crippen LogP contribution is 2.65. The van der Waals surface area contributed by atoms with Crippen LogP contribution in [-0.2, 0) is 42.7 Å². The van der Waals surface area contributed by atoms with Crippen LogP contribution in [0.2, 0.25) is 0 Å². The normalized spacial score (nSPS) is 51.0. The molecule has 20 nitrogen and oxygen atoms in total. The van der Waals surface area contributed by atoms with Crippen LogP contribution in [0.25, 0.3) is 0 Å². The molecule has 0 aromatic heterocycles. The Hall–Kier alpha value is -1.96. The minimum atomic E-state index is -2.02. The number of nitrogens with one attached hydrogen (secondary N) is 3. The highest BCUT2D eigenvalue weighted by molar-refractivity contribution is 8.00. The zero-order valence-electron chi connectivity index (χ0n) is 41.8. The van der Waals surface area contributed by atoms with Crippen LogP contribution in [0, 0.1) is 10.8 Å². The van der Waals surface area contributed by atoms with Crippen molar-refractivity contribution in [2.24, 2.45) is 10.8 Å². The van der Waals surface area contributed by atoms with Gasteiger partial charge in [0.25, 0.3) is 0 Å². The van der Waals surface area contributed by atoms with Gasteiger partial charge in [0.1, 0.15) is 51.9 Å². The summed E-state index contributed by atoms with van der Waals surface area (Å²) in [4.78, 5) is 38.2. The van der Waals surface area contributed by atoms with Gasteiger partial charge in [-0.15, -0.1) is 0 Å². The molecule has 7 saturated heterocycles. The first-order valence-corrected chi connectivity index (χ1v) is 24.4. The number of thioether (sulfide) groups is 1. The molecule has 7 rings (SSSR count). The summed E-state index contributed by atoms with van der Waals surface area (Å²) in [5.41, 5.74) is -18.0. The first-order valence-electron chi connectivity index (χ1n) is 23.3. The summed E-state index contributed by atoms with van der Waals surface area (Å²) < 4.78 is 43.8. The van der Waals surface area contributed by atoms with Crippen LogP contribution in [-0.4, -0.2) is 191 Å². The fourth-order valence-electron chi connectivity index (χ4n) is 12.2. The smallest absolute Gasteiger partial charge is 0.315 e. The molecule has 7 heterocycles. The van der Waals surface area contributed by atoms with Crippen molar-refractivity contribution in [1.29, 1.82) is 0 Å². The minimum absolute atomic E-state index is 0.0394. The van der Waals surface area contributed by atoms with Crippen LogP contribution in [0.15, 0.2) is 0 Å². The molecule has 2 bridgehead atoms. The summed E-state index contributed by atoms with van der Waals surface area (Å²) in [6, 6.07) is -0.00848. The predicted octanol–water partition coefficient (Wildman–Crippen LogP) is 0.502. The van der Waals surface area contributed by atoms with Gasteiger partial charge in [0.2, 0.25) is 17.5 Å². The quantitative estimate of drug-likeness (QED) is 0.0540. The molecule has 3 amide bonds. The van der Waals surface area contributed by atoms with Gasteiger partial charge in [0.15, 0.2) is 0 Å². The molecule has 386 valence electrons. The Morgan fingerprint density at radius 3 is 1.96 bits per heavy atom. The van der Waals surface area contributed by atoms with Crippen molar-refractivity contribution in [1.82, 2.24) is 16.0 Å².